The molecule has 29 heavy (non-hydrogen) atoms. The number of carbonyl (C=O) groups excluding carboxylic acids is 2. The number of amides is 2. The highest BCUT2D eigenvalue weighted by Gasteiger charge is 2.31. The van der Waals surface area contributed by atoms with E-state index in [9.17, 15) is 9.59 Å². The molecule has 2 aromatic rings. The number of hydrogen-bond donors (Lipinski definition) is 1. The van der Waals surface area contributed by atoms with Crippen molar-refractivity contribution >= 4 is 29.3 Å². The fraction of sp³-hybridized carbons (Fsp3) is 0.304. The third kappa shape index (κ3) is 5.45. The maximum atomic E-state index is 12.6. The molecule has 1 heterocycles. The number of nitrogens with zero attached hydrogens (tertiary/aromatic N) is 2. The normalized spacial score (nSPS) is 16.1. The second-order valence-corrected chi connectivity index (χ2v) is 7.32. The highest BCUT2D eigenvalue weighted by atomic mass is 16.5. The van der Waals surface area contributed by atoms with Crippen molar-refractivity contribution in [3.8, 4) is 5.75 Å². The third-order valence-electron chi connectivity index (χ3n) is 4.65. The zero-order valence-corrected chi connectivity index (χ0v) is 17.1. The molecule has 0 bridgehead atoms. The van der Waals surface area contributed by atoms with Gasteiger partial charge in [-0.05, 0) is 63.8 Å². The summed E-state index contributed by atoms with van der Waals surface area (Å²) in [5.41, 5.74) is 2.26. The minimum atomic E-state index is -0.517. The molecule has 1 unspecified atom stereocenters. The van der Waals surface area contributed by atoms with Gasteiger partial charge in [0, 0.05) is 18.3 Å². The van der Waals surface area contributed by atoms with E-state index in [1.165, 1.54) is 6.08 Å². The van der Waals surface area contributed by atoms with E-state index in [0.29, 0.717) is 23.7 Å². The number of carbonyl (C=O) groups is 2. The molecule has 3 rings (SSSR count). The summed E-state index contributed by atoms with van der Waals surface area (Å²) in [7, 11) is 4.02. The summed E-state index contributed by atoms with van der Waals surface area (Å²) in [4.78, 5) is 28.8. The number of benzene rings is 2. The van der Waals surface area contributed by atoms with Crippen LogP contribution in [0.15, 0.2) is 54.6 Å². The number of hydrogen-bond acceptors (Lipinski definition) is 4. The van der Waals surface area contributed by atoms with Crippen LogP contribution in [0.1, 0.15) is 18.9 Å². The van der Waals surface area contributed by atoms with Gasteiger partial charge in [-0.3, -0.25) is 9.59 Å². The molecule has 0 radical (unpaired) electrons. The van der Waals surface area contributed by atoms with Crippen LogP contribution in [-0.2, 0) is 9.59 Å². The van der Waals surface area contributed by atoms with Crippen molar-refractivity contribution in [1.29, 1.82) is 0 Å². The smallest absolute Gasteiger partial charge is 0.267 e. The van der Waals surface area contributed by atoms with E-state index in [2.05, 4.69) is 10.2 Å². The predicted molar refractivity (Wildman–Crippen MR) is 116 cm³/mol. The Balaban J connectivity index is 1.74. The molecule has 1 aliphatic heterocycles. The Kier molecular flexibility index (Phi) is 6.67. The van der Waals surface area contributed by atoms with Gasteiger partial charge in [-0.1, -0.05) is 30.3 Å². The van der Waals surface area contributed by atoms with Crippen LogP contribution in [0.3, 0.4) is 0 Å². The van der Waals surface area contributed by atoms with Gasteiger partial charge in [-0.25, -0.2) is 0 Å². The summed E-state index contributed by atoms with van der Waals surface area (Å²) in [5.74, 6) is 0.355. The van der Waals surface area contributed by atoms with Crippen LogP contribution >= 0.6 is 0 Å². The molecule has 0 spiro atoms. The second-order valence-electron chi connectivity index (χ2n) is 7.32. The van der Waals surface area contributed by atoms with Gasteiger partial charge in [0.05, 0.1) is 5.69 Å². The van der Waals surface area contributed by atoms with E-state index < -0.39 is 6.10 Å². The maximum Gasteiger partial charge on any atom is 0.267 e. The van der Waals surface area contributed by atoms with Gasteiger partial charge in [0.2, 0.25) is 5.91 Å². The SMILES string of the molecule is CC1Oc2ccc(NC(=O)/C=C/c3ccccc3)cc2N(CCCN(C)C)C1=O. The Morgan fingerprint density at radius 2 is 1.97 bits per heavy atom. The number of ether oxygens (including phenoxy) is 1. The maximum absolute atomic E-state index is 12.6. The molecule has 6 nitrogen and oxygen atoms in total. The van der Waals surface area contributed by atoms with Crippen LogP contribution in [-0.4, -0.2) is 50.0 Å². The van der Waals surface area contributed by atoms with Gasteiger partial charge in [0.1, 0.15) is 5.75 Å². The van der Waals surface area contributed by atoms with E-state index in [-0.39, 0.29) is 11.8 Å². The highest BCUT2D eigenvalue weighted by Crippen LogP contribution is 2.36. The summed E-state index contributed by atoms with van der Waals surface area (Å²) in [6.45, 7) is 3.24. The van der Waals surface area contributed by atoms with Crippen molar-refractivity contribution in [2.45, 2.75) is 19.4 Å². The summed E-state index contributed by atoms with van der Waals surface area (Å²) >= 11 is 0. The predicted octanol–water partition coefficient (Wildman–Crippen LogP) is 3.40. The fourth-order valence-corrected chi connectivity index (χ4v) is 3.18. The topological polar surface area (TPSA) is 61.9 Å². The molecule has 1 aliphatic rings. The zero-order chi connectivity index (χ0) is 20.8. The number of nitrogens with one attached hydrogen (secondary N) is 1. The zero-order valence-electron chi connectivity index (χ0n) is 17.1. The third-order valence-corrected chi connectivity index (χ3v) is 4.65. The lowest BCUT2D eigenvalue weighted by Crippen LogP contribution is -2.45. The van der Waals surface area contributed by atoms with E-state index in [0.717, 1.165) is 18.5 Å². The van der Waals surface area contributed by atoms with Crippen molar-refractivity contribution in [3.05, 3.63) is 60.2 Å². The molecule has 0 fully saturated rings. The van der Waals surface area contributed by atoms with Gasteiger partial charge < -0.3 is 19.9 Å². The first kappa shape index (κ1) is 20.6. The monoisotopic (exact) mass is 393 g/mol. The van der Waals surface area contributed by atoms with Crippen LogP contribution in [0.4, 0.5) is 11.4 Å². The summed E-state index contributed by atoms with van der Waals surface area (Å²) in [5, 5.41) is 2.86. The van der Waals surface area contributed by atoms with Gasteiger partial charge >= 0.3 is 0 Å². The van der Waals surface area contributed by atoms with Gasteiger partial charge in [-0.2, -0.15) is 0 Å². The number of rotatable bonds is 7. The first-order valence-corrected chi connectivity index (χ1v) is 9.75. The van der Waals surface area contributed by atoms with Crippen LogP contribution in [0.2, 0.25) is 0 Å². The first-order chi connectivity index (χ1) is 13.9. The van der Waals surface area contributed by atoms with Crippen molar-refractivity contribution in [2.24, 2.45) is 0 Å². The number of anilines is 2. The molecule has 6 heteroatoms. The molecule has 0 aliphatic carbocycles. The summed E-state index contributed by atoms with van der Waals surface area (Å²) in [6.07, 6.45) is 3.58. The van der Waals surface area contributed by atoms with E-state index in [1.54, 1.807) is 36.1 Å². The quantitative estimate of drug-likeness (QED) is 0.733. The molecule has 0 saturated heterocycles. The standard InChI is InChI=1S/C23H27N3O3/c1-17-23(28)26(15-7-14-25(2)3)20-16-19(11-12-21(20)29-17)24-22(27)13-10-18-8-5-4-6-9-18/h4-6,8-13,16-17H,7,14-15H2,1-3H3,(H,24,27)/b13-10+. The summed E-state index contributed by atoms with van der Waals surface area (Å²) < 4.78 is 5.74. The Bertz CT molecular complexity index is 893. The Morgan fingerprint density at radius 1 is 1.21 bits per heavy atom. The lowest BCUT2D eigenvalue weighted by Gasteiger charge is -2.33. The molecule has 2 amide bonds. The van der Waals surface area contributed by atoms with E-state index in [4.69, 9.17) is 4.74 Å². The van der Waals surface area contributed by atoms with E-state index in [1.807, 2.05) is 44.4 Å². The molecular formula is C23H27N3O3. The minimum Gasteiger partial charge on any atom is -0.479 e. The van der Waals surface area contributed by atoms with Crippen molar-refractivity contribution in [1.82, 2.24) is 4.90 Å². The average Bonchev–Trinajstić information content (AvgIpc) is 2.70. The molecule has 0 aromatic heterocycles. The largest absolute Gasteiger partial charge is 0.479 e. The first-order valence-electron chi connectivity index (χ1n) is 9.75. The molecular weight excluding hydrogens is 366 g/mol. The van der Waals surface area contributed by atoms with Crippen molar-refractivity contribution in [3.63, 3.8) is 0 Å². The highest BCUT2D eigenvalue weighted by molar-refractivity contribution is 6.04. The molecule has 1 atom stereocenters. The molecule has 2 aromatic carbocycles. The second kappa shape index (κ2) is 9.39. The molecule has 152 valence electrons. The van der Waals surface area contributed by atoms with Crippen LogP contribution < -0.4 is 15.0 Å². The lowest BCUT2D eigenvalue weighted by molar-refractivity contribution is -0.125. The number of fused-ring (bicyclic) bond motifs is 1. The van der Waals surface area contributed by atoms with Gasteiger partial charge in [0.25, 0.3) is 5.91 Å². The Labute approximate surface area is 171 Å². The lowest BCUT2D eigenvalue weighted by atomic mass is 10.1. The fourth-order valence-electron chi connectivity index (χ4n) is 3.18. The van der Waals surface area contributed by atoms with E-state index >= 15 is 0 Å². The molecule has 1 N–H and O–H groups in total. The average molecular weight is 393 g/mol. The van der Waals surface area contributed by atoms with Crippen LogP contribution in [0.25, 0.3) is 6.08 Å². The molecule has 0 saturated carbocycles. The van der Waals surface area contributed by atoms with Crippen molar-refractivity contribution in [2.75, 3.05) is 37.4 Å². The van der Waals surface area contributed by atoms with Crippen LogP contribution in [0.5, 0.6) is 5.75 Å². The van der Waals surface area contributed by atoms with Crippen LogP contribution in [0, 0.1) is 0 Å². The minimum absolute atomic E-state index is 0.0660. The Morgan fingerprint density at radius 3 is 2.69 bits per heavy atom. The van der Waals surface area contributed by atoms with Gasteiger partial charge in [0.15, 0.2) is 6.10 Å². The summed E-state index contributed by atoms with van der Waals surface area (Å²) in [6, 6.07) is 15.0. The van der Waals surface area contributed by atoms with Gasteiger partial charge in [-0.15, -0.1) is 0 Å². The Hall–Kier alpha value is -3.12. The van der Waals surface area contributed by atoms with Crippen molar-refractivity contribution < 1.29 is 14.3 Å².